The van der Waals surface area contributed by atoms with E-state index in [1.165, 1.54) is 5.57 Å². The molecule has 0 aromatic carbocycles. The van der Waals surface area contributed by atoms with Crippen molar-refractivity contribution in [2.45, 2.75) is 27.2 Å². The van der Waals surface area contributed by atoms with Crippen molar-refractivity contribution in [2.75, 3.05) is 6.61 Å². The Hall–Kier alpha value is 0.102. The molecule has 0 aliphatic heterocycles. The molecule has 0 radical (unpaired) electrons. The van der Waals surface area contributed by atoms with E-state index in [1.807, 2.05) is 6.92 Å². The number of allylic oxidation sites excluding steroid dienone is 1. The van der Waals surface area contributed by atoms with E-state index in [1.54, 1.807) is 0 Å². The molecule has 1 nitrogen and oxygen atoms in total. The van der Waals surface area contributed by atoms with Crippen LogP contribution in [0.15, 0.2) is 11.6 Å². The van der Waals surface area contributed by atoms with E-state index >= 15 is 0 Å². The number of hydrogen-bond donors (Lipinski definition) is 0. The molecule has 0 N–H and O–H groups in total. The van der Waals surface area contributed by atoms with Crippen LogP contribution in [0.1, 0.15) is 27.2 Å². The summed E-state index contributed by atoms with van der Waals surface area (Å²) in [6.45, 7) is 6.88. The van der Waals surface area contributed by atoms with Gasteiger partial charge in [-0.2, -0.15) is 0 Å². The van der Waals surface area contributed by atoms with E-state index in [2.05, 4.69) is 35.8 Å². The second kappa shape index (κ2) is 5.86. The van der Waals surface area contributed by atoms with Gasteiger partial charge in [-0.15, -0.1) is 0 Å². The number of ether oxygens (including phenoxy) is 1. The summed E-state index contributed by atoms with van der Waals surface area (Å²) in [4.78, 5) is 0. The molecule has 0 aliphatic rings. The molecule has 0 saturated heterocycles. The van der Waals surface area contributed by atoms with Crippen molar-refractivity contribution in [1.29, 1.82) is 0 Å². The van der Waals surface area contributed by atoms with Gasteiger partial charge in [0.15, 0.2) is 0 Å². The second-order valence-corrected chi connectivity index (χ2v) is 3.31. The van der Waals surface area contributed by atoms with Gasteiger partial charge in [-0.25, -0.2) is 0 Å². The van der Waals surface area contributed by atoms with E-state index in [-0.39, 0.29) is 0 Å². The Morgan fingerprint density at radius 3 is 2.40 bits per heavy atom. The van der Waals surface area contributed by atoms with E-state index in [4.69, 9.17) is 4.74 Å². The summed E-state index contributed by atoms with van der Waals surface area (Å²) in [5.74, 6) is 0. The predicted molar refractivity (Wildman–Crippen MR) is 40.7 cm³/mol. The molecular weight excluding hydrogens is 164 g/mol. The van der Waals surface area contributed by atoms with Crippen LogP contribution in [0.2, 0.25) is 0 Å². The fraction of sp³-hybridized carbons (Fsp3) is 0.625. The number of rotatable bonds is 4. The van der Waals surface area contributed by atoms with Gasteiger partial charge in [-0.1, -0.05) is 0 Å². The molecule has 0 bridgehead atoms. The summed E-state index contributed by atoms with van der Waals surface area (Å²) in [6.07, 6.45) is 3.17. The van der Waals surface area contributed by atoms with Crippen LogP contribution in [0.5, 0.6) is 0 Å². The summed E-state index contributed by atoms with van der Waals surface area (Å²) >= 11 is 2.80. The third kappa shape index (κ3) is 8.10. The Morgan fingerprint density at radius 1 is 1.40 bits per heavy atom. The first-order valence-electron chi connectivity index (χ1n) is 3.39. The van der Waals surface area contributed by atoms with Gasteiger partial charge >= 0.3 is 70.6 Å². The maximum atomic E-state index is 5.21. The third-order valence-corrected chi connectivity index (χ3v) is 1.16. The first-order valence-corrected chi connectivity index (χ1v) is 4.03. The Bertz CT molecular complexity index is 134. The first kappa shape index (κ1) is 10.1. The Kier molecular flexibility index (Phi) is 5.92. The van der Waals surface area contributed by atoms with Crippen LogP contribution in [-0.4, -0.2) is 11.2 Å². The van der Waals surface area contributed by atoms with Gasteiger partial charge in [0, 0.05) is 0 Å². The average Bonchev–Trinajstić information content (AvgIpc) is 1.79. The Balaban J connectivity index is 3.21. The van der Waals surface area contributed by atoms with Crippen molar-refractivity contribution >= 4 is 4.57 Å². The Morgan fingerprint density at radius 2 is 2.00 bits per heavy atom. The first-order chi connectivity index (χ1) is 4.63. The molecule has 0 aromatic heterocycles. The summed E-state index contributed by atoms with van der Waals surface area (Å²) in [7, 11) is 0. The molecule has 0 amide bonds. The van der Waals surface area contributed by atoms with Crippen molar-refractivity contribution in [1.82, 2.24) is 0 Å². The summed E-state index contributed by atoms with van der Waals surface area (Å²) in [6, 6.07) is 0. The van der Waals surface area contributed by atoms with Gasteiger partial charge in [0.1, 0.15) is 0 Å². The van der Waals surface area contributed by atoms with E-state index in [0.717, 1.165) is 17.6 Å². The third-order valence-electron chi connectivity index (χ3n) is 0.976. The van der Waals surface area contributed by atoms with E-state index < -0.39 is 0 Å². The minimum atomic E-state index is 0.782. The van der Waals surface area contributed by atoms with Crippen LogP contribution in [0, 0.1) is 0 Å². The molecule has 0 spiro atoms. The van der Waals surface area contributed by atoms with E-state index in [0.29, 0.717) is 0 Å². The summed E-state index contributed by atoms with van der Waals surface area (Å²) in [5.41, 5.74) is 1.35. The van der Waals surface area contributed by atoms with E-state index in [9.17, 15) is 0 Å². The molecular formula is C8H14CrO. The zero-order valence-electron chi connectivity index (χ0n) is 6.81. The van der Waals surface area contributed by atoms with Crippen molar-refractivity contribution in [2.24, 2.45) is 0 Å². The van der Waals surface area contributed by atoms with Gasteiger partial charge in [0.05, 0.1) is 0 Å². The second-order valence-electron chi connectivity index (χ2n) is 2.41. The van der Waals surface area contributed by atoms with Gasteiger partial charge in [0.2, 0.25) is 0 Å². The summed E-state index contributed by atoms with van der Waals surface area (Å²) in [5, 5.41) is 0. The zero-order chi connectivity index (χ0) is 7.98. The molecule has 0 rings (SSSR count). The molecule has 0 atom stereocenters. The quantitative estimate of drug-likeness (QED) is 0.473. The topological polar surface area (TPSA) is 9.23 Å². The number of hydrogen-bond acceptors (Lipinski definition) is 1. The van der Waals surface area contributed by atoms with Crippen LogP contribution in [0.25, 0.3) is 0 Å². The SMILES string of the molecule is C[C](=[Cr])OCCC=C(C)C. The minimum absolute atomic E-state index is 0.782. The van der Waals surface area contributed by atoms with Crippen LogP contribution < -0.4 is 0 Å². The van der Waals surface area contributed by atoms with Gasteiger partial charge < -0.3 is 0 Å². The molecule has 0 unspecified atom stereocenters. The summed E-state index contributed by atoms with van der Waals surface area (Å²) < 4.78 is 6.13. The van der Waals surface area contributed by atoms with Crippen LogP contribution >= 0.6 is 0 Å². The van der Waals surface area contributed by atoms with Crippen molar-refractivity contribution in [3.63, 3.8) is 0 Å². The average molecular weight is 178 g/mol. The molecule has 0 saturated carbocycles. The molecule has 0 aromatic rings. The van der Waals surface area contributed by atoms with Crippen LogP contribution in [0.3, 0.4) is 0 Å². The fourth-order valence-corrected chi connectivity index (χ4v) is 0.680. The normalized spacial score (nSPS) is 9.10. The molecule has 0 aliphatic carbocycles. The maximum absolute atomic E-state index is 5.21. The van der Waals surface area contributed by atoms with Gasteiger partial charge in [-0.3, -0.25) is 0 Å². The standard InChI is InChI=1S/C8H14O.Cr/c1-4-9-7-5-6-8(2)3;/h6H,5,7H2,1-3H3;. The molecule has 0 heterocycles. The van der Waals surface area contributed by atoms with Gasteiger partial charge in [0.25, 0.3) is 0 Å². The molecule has 58 valence electrons. The zero-order valence-corrected chi connectivity index (χ0v) is 8.08. The molecule has 10 heavy (non-hydrogen) atoms. The van der Waals surface area contributed by atoms with Crippen molar-refractivity contribution in [3.05, 3.63) is 11.6 Å². The molecule has 2 heteroatoms. The predicted octanol–water partition coefficient (Wildman–Crippen LogP) is 2.06. The van der Waals surface area contributed by atoms with Crippen LogP contribution in [-0.2, 0) is 20.6 Å². The Labute approximate surface area is 71.0 Å². The van der Waals surface area contributed by atoms with Crippen molar-refractivity contribution < 1.29 is 20.6 Å². The van der Waals surface area contributed by atoms with Gasteiger partial charge in [-0.05, 0) is 0 Å². The molecule has 0 fully saturated rings. The fourth-order valence-electron chi connectivity index (χ4n) is 0.550. The van der Waals surface area contributed by atoms with Crippen molar-refractivity contribution in [3.8, 4) is 0 Å². The van der Waals surface area contributed by atoms with Crippen LogP contribution in [0.4, 0.5) is 0 Å². The monoisotopic (exact) mass is 178 g/mol.